The lowest BCUT2D eigenvalue weighted by molar-refractivity contribution is -0.137. The highest BCUT2D eigenvalue weighted by molar-refractivity contribution is 6.04. The van der Waals surface area contributed by atoms with Gasteiger partial charge in [0.25, 0.3) is 5.91 Å². The molecule has 0 spiro atoms. The van der Waals surface area contributed by atoms with E-state index in [9.17, 15) is 22.8 Å². The maximum Gasteiger partial charge on any atom is 0.416 e. The number of nitrogens with zero attached hydrogens (tertiary/aromatic N) is 4. The Balaban J connectivity index is 1.30. The van der Waals surface area contributed by atoms with Crippen molar-refractivity contribution in [3.63, 3.8) is 0 Å². The topological polar surface area (TPSA) is 78.4 Å². The van der Waals surface area contributed by atoms with E-state index >= 15 is 0 Å². The number of rotatable bonds is 5. The van der Waals surface area contributed by atoms with Crippen molar-refractivity contribution < 1.29 is 22.8 Å². The van der Waals surface area contributed by atoms with Gasteiger partial charge in [-0.1, -0.05) is 18.2 Å². The first kappa shape index (κ1) is 23.2. The summed E-state index contributed by atoms with van der Waals surface area (Å²) in [5.41, 5.74) is 0.228. The number of carbonyl (C=O) groups excluding carboxylic acids is 2. The molecule has 0 saturated carbocycles. The van der Waals surface area contributed by atoms with Crippen LogP contribution in [0.15, 0.2) is 67.0 Å². The Labute approximate surface area is 194 Å². The van der Waals surface area contributed by atoms with Crippen LogP contribution in [0.5, 0.6) is 0 Å². The van der Waals surface area contributed by atoms with Gasteiger partial charge in [0.05, 0.1) is 12.0 Å². The molecule has 0 atom stereocenters. The highest BCUT2D eigenvalue weighted by Crippen LogP contribution is 2.29. The number of piperazine rings is 1. The van der Waals surface area contributed by atoms with E-state index < -0.39 is 17.6 Å². The molecule has 7 nitrogen and oxygen atoms in total. The zero-order valence-electron chi connectivity index (χ0n) is 18.1. The summed E-state index contributed by atoms with van der Waals surface area (Å²) in [6.07, 6.45) is -0.937. The highest BCUT2D eigenvalue weighted by atomic mass is 19.4. The van der Waals surface area contributed by atoms with E-state index in [0.717, 1.165) is 17.7 Å². The molecule has 1 aromatic heterocycles. The minimum absolute atomic E-state index is 0.00520. The van der Waals surface area contributed by atoms with E-state index in [1.54, 1.807) is 47.6 Å². The number of nitrogens with one attached hydrogen (secondary N) is 1. The van der Waals surface area contributed by atoms with Gasteiger partial charge in [-0.25, -0.2) is 9.97 Å². The monoisotopic (exact) mass is 469 g/mol. The standard InChI is InChI=1S/C24H22F3N5O2/c25-24(26,27)19-4-1-3-18(16-19)22(34)30-20-7-5-17(6-8-20)15-21(33)31-11-13-32(14-12-31)23-28-9-2-10-29-23/h1-10,16H,11-15H2,(H,30,34). The fourth-order valence-electron chi connectivity index (χ4n) is 3.64. The molecule has 1 N–H and O–H groups in total. The van der Waals surface area contributed by atoms with Crippen LogP contribution in [0.1, 0.15) is 21.5 Å². The molecule has 1 aliphatic rings. The van der Waals surface area contributed by atoms with Crippen LogP contribution in [0.3, 0.4) is 0 Å². The Bertz CT molecular complexity index is 1150. The smallest absolute Gasteiger partial charge is 0.339 e. The predicted octanol–water partition coefficient (Wildman–Crippen LogP) is 3.64. The molecule has 4 rings (SSSR count). The Morgan fingerprint density at radius 2 is 1.59 bits per heavy atom. The van der Waals surface area contributed by atoms with E-state index in [1.165, 1.54) is 12.1 Å². The Kier molecular flexibility index (Phi) is 6.76. The second kappa shape index (κ2) is 9.90. The second-order valence-corrected chi connectivity index (χ2v) is 7.82. The molecular weight excluding hydrogens is 447 g/mol. The maximum absolute atomic E-state index is 12.9. The van der Waals surface area contributed by atoms with Crippen molar-refractivity contribution in [1.29, 1.82) is 0 Å². The number of halogens is 3. The summed E-state index contributed by atoms with van der Waals surface area (Å²) < 4.78 is 38.6. The molecule has 34 heavy (non-hydrogen) atoms. The Hall–Kier alpha value is -3.95. The Morgan fingerprint density at radius 1 is 0.912 bits per heavy atom. The fourth-order valence-corrected chi connectivity index (χ4v) is 3.64. The van der Waals surface area contributed by atoms with Crippen LogP contribution in [0, 0.1) is 0 Å². The summed E-state index contributed by atoms with van der Waals surface area (Å²) in [5.74, 6) is 0.00180. The summed E-state index contributed by atoms with van der Waals surface area (Å²) in [4.78, 5) is 37.3. The zero-order valence-corrected chi connectivity index (χ0v) is 18.1. The van der Waals surface area contributed by atoms with Gasteiger partial charge in [0.1, 0.15) is 0 Å². The SMILES string of the molecule is O=C(Nc1ccc(CC(=O)N2CCN(c3ncccn3)CC2)cc1)c1cccc(C(F)(F)F)c1. The minimum Gasteiger partial charge on any atom is -0.339 e. The molecule has 176 valence electrons. The summed E-state index contributed by atoms with van der Waals surface area (Å²) >= 11 is 0. The summed E-state index contributed by atoms with van der Waals surface area (Å²) in [5, 5.41) is 2.58. The van der Waals surface area contributed by atoms with Crippen LogP contribution in [-0.2, 0) is 17.4 Å². The Morgan fingerprint density at radius 3 is 2.24 bits per heavy atom. The first-order valence-electron chi connectivity index (χ1n) is 10.7. The molecule has 0 aliphatic carbocycles. The van der Waals surface area contributed by atoms with Crippen molar-refractivity contribution in [3.8, 4) is 0 Å². The molecule has 2 amide bonds. The van der Waals surface area contributed by atoms with E-state index in [4.69, 9.17) is 0 Å². The highest BCUT2D eigenvalue weighted by Gasteiger charge is 2.31. The van der Waals surface area contributed by atoms with Crippen LogP contribution in [0.2, 0.25) is 0 Å². The average molecular weight is 469 g/mol. The van der Waals surface area contributed by atoms with Gasteiger partial charge in [0.15, 0.2) is 0 Å². The number of aromatic nitrogens is 2. The van der Waals surface area contributed by atoms with Gasteiger partial charge in [0.2, 0.25) is 11.9 Å². The maximum atomic E-state index is 12.9. The lowest BCUT2D eigenvalue weighted by atomic mass is 10.1. The van der Waals surface area contributed by atoms with Crippen molar-refractivity contribution >= 4 is 23.5 Å². The van der Waals surface area contributed by atoms with E-state index in [1.807, 2.05) is 4.90 Å². The molecular formula is C24H22F3N5O2. The average Bonchev–Trinajstić information content (AvgIpc) is 2.85. The quantitative estimate of drug-likeness (QED) is 0.618. The molecule has 2 aromatic carbocycles. The van der Waals surface area contributed by atoms with E-state index in [2.05, 4.69) is 15.3 Å². The largest absolute Gasteiger partial charge is 0.416 e. The van der Waals surface area contributed by atoms with Gasteiger partial charge in [-0.3, -0.25) is 9.59 Å². The van der Waals surface area contributed by atoms with Crippen LogP contribution in [0.25, 0.3) is 0 Å². The third kappa shape index (κ3) is 5.69. The number of hydrogen-bond donors (Lipinski definition) is 1. The second-order valence-electron chi connectivity index (χ2n) is 7.82. The lowest BCUT2D eigenvalue weighted by Crippen LogP contribution is -2.49. The van der Waals surface area contributed by atoms with Crippen molar-refractivity contribution in [2.24, 2.45) is 0 Å². The molecule has 1 saturated heterocycles. The molecule has 1 fully saturated rings. The number of hydrogen-bond acceptors (Lipinski definition) is 5. The van der Waals surface area contributed by atoms with Crippen LogP contribution < -0.4 is 10.2 Å². The van der Waals surface area contributed by atoms with Crippen LogP contribution >= 0.6 is 0 Å². The third-order valence-electron chi connectivity index (χ3n) is 5.49. The first-order chi connectivity index (χ1) is 16.3. The fraction of sp³-hybridized carbons (Fsp3) is 0.250. The zero-order chi connectivity index (χ0) is 24.1. The van der Waals surface area contributed by atoms with E-state index in [0.29, 0.717) is 37.8 Å². The van der Waals surface area contributed by atoms with Gasteiger partial charge < -0.3 is 15.1 Å². The number of alkyl halides is 3. The van der Waals surface area contributed by atoms with Gasteiger partial charge in [0, 0.05) is 49.8 Å². The molecule has 0 unspecified atom stereocenters. The predicted molar refractivity (Wildman–Crippen MR) is 120 cm³/mol. The van der Waals surface area contributed by atoms with Crippen molar-refractivity contribution in [2.75, 3.05) is 36.4 Å². The van der Waals surface area contributed by atoms with Gasteiger partial charge >= 0.3 is 6.18 Å². The van der Waals surface area contributed by atoms with Crippen molar-refractivity contribution in [2.45, 2.75) is 12.6 Å². The normalized spacial score (nSPS) is 14.1. The number of benzene rings is 2. The molecule has 3 aromatic rings. The number of amides is 2. The minimum atomic E-state index is -4.52. The summed E-state index contributed by atoms with van der Waals surface area (Å²) in [6.45, 7) is 2.44. The van der Waals surface area contributed by atoms with Crippen molar-refractivity contribution in [3.05, 3.63) is 83.7 Å². The van der Waals surface area contributed by atoms with Gasteiger partial charge in [-0.05, 0) is 42.0 Å². The van der Waals surface area contributed by atoms with Crippen LogP contribution in [0.4, 0.5) is 24.8 Å². The van der Waals surface area contributed by atoms with E-state index in [-0.39, 0.29) is 17.9 Å². The first-order valence-corrected chi connectivity index (χ1v) is 10.7. The van der Waals surface area contributed by atoms with Gasteiger partial charge in [-0.15, -0.1) is 0 Å². The summed E-state index contributed by atoms with van der Waals surface area (Å²) in [7, 11) is 0. The summed E-state index contributed by atoms with van der Waals surface area (Å²) in [6, 6.07) is 12.7. The van der Waals surface area contributed by atoms with Gasteiger partial charge in [-0.2, -0.15) is 13.2 Å². The molecule has 2 heterocycles. The van der Waals surface area contributed by atoms with Crippen LogP contribution in [-0.4, -0.2) is 52.9 Å². The number of carbonyl (C=O) groups is 2. The lowest BCUT2D eigenvalue weighted by Gasteiger charge is -2.34. The third-order valence-corrected chi connectivity index (χ3v) is 5.49. The molecule has 10 heteroatoms. The van der Waals surface area contributed by atoms with Crippen molar-refractivity contribution in [1.82, 2.24) is 14.9 Å². The molecule has 1 aliphatic heterocycles. The molecule has 0 bridgehead atoms. The molecule has 0 radical (unpaired) electrons. The number of anilines is 2.